The molecule has 0 aliphatic heterocycles. The average molecular weight is 784 g/mol. The van der Waals surface area contributed by atoms with E-state index in [1.807, 2.05) is 85.8 Å². The number of aromatic nitrogens is 5. The van der Waals surface area contributed by atoms with E-state index < -0.39 is 0 Å². The summed E-state index contributed by atoms with van der Waals surface area (Å²) in [7, 11) is 0. The Hall–Kier alpha value is -8.15. The van der Waals surface area contributed by atoms with Crippen LogP contribution in [-0.4, -0.2) is 24.9 Å². The van der Waals surface area contributed by atoms with Crippen LogP contribution in [0.2, 0.25) is 0 Å². The molecule has 0 unspecified atom stereocenters. The first-order chi connectivity index (χ1) is 30.1. The molecule has 5 nitrogen and oxygen atoms in total. The van der Waals surface area contributed by atoms with Crippen LogP contribution in [0.4, 0.5) is 0 Å². The smallest absolute Gasteiger partial charge is 0.164 e. The van der Waals surface area contributed by atoms with E-state index in [0.717, 1.165) is 78.2 Å². The van der Waals surface area contributed by atoms with E-state index in [0.29, 0.717) is 23.3 Å². The second kappa shape index (κ2) is 17.8. The SMILES string of the molecule is C=C/C=C\C=C(/C)c1nc(-c2cccc(-c3cccc(-c4nc(-c5ccccc5)nc(-c5ccccc5)n4)c3)c2)cc(-c2ccc(-c3ccccc3)c(-c3ccccc3)c2)n1. The van der Waals surface area contributed by atoms with Crippen LogP contribution >= 0.6 is 0 Å². The van der Waals surface area contributed by atoms with Crippen LogP contribution in [0.1, 0.15) is 12.7 Å². The summed E-state index contributed by atoms with van der Waals surface area (Å²) in [4.78, 5) is 25.2. The number of benzene rings is 7. The van der Waals surface area contributed by atoms with Gasteiger partial charge in [-0.05, 0) is 70.1 Å². The molecule has 61 heavy (non-hydrogen) atoms. The van der Waals surface area contributed by atoms with Crippen LogP contribution in [0, 0.1) is 0 Å². The van der Waals surface area contributed by atoms with Gasteiger partial charge in [0.2, 0.25) is 0 Å². The zero-order chi connectivity index (χ0) is 41.4. The molecule has 5 heteroatoms. The number of rotatable bonds is 11. The van der Waals surface area contributed by atoms with Gasteiger partial charge in [0.25, 0.3) is 0 Å². The highest BCUT2D eigenvalue weighted by Crippen LogP contribution is 2.37. The Kier molecular flexibility index (Phi) is 11.2. The second-order valence-electron chi connectivity index (χ2n) is 14.6. The highest BCUT2D eigenvalue weighted by molar-refractivity contribution is 5.87. The molecule has 0 spiro atoms. The van der Waals surface area contributed by atoms with Gasteiger partial charge in [-0.3, -0.25) is 0 Å². The third kappa shape index (κ3) is 8.68. The molecule has 9 aromatic rings. The molecule has 2 aromatic heterocycles. The molecule has 2 heterocycles. The summed E-state index contributed by atoms with van der Waals surface area (Å²) < 4.78 is 0. The van der Waals surface area contributed by atoms with Crippen molar-refractivity contribution in [1.82, 2.24) is 24.9 Å². The first-order valence-electron chi connectivity index (χ1n) is 20.3. The van der Waals surface area contributed by atoms with Gasteiger partial charge < -0.3 is 0 Å². The fraction of sp³-hybridized carbons (Fsp3) is 0.0179. The molecule has 0 fully saturated rings. The van der Waals surface area contributed by atoms with Crippen molar-refractivity contribution in [2.75, 3.05) is 0 Å². The van der Waals surface area contributed by atoms with E-state index in [1.165, 1.54) is 0 Å². The number of hydrogen-bond acceptors (Lipinski definition) is 5. The molecule has 0 atom stereocenters. The standard InChI is InChI=1S/C56H41N5/c1-3-4-9-20-39(2)53-57-51(38-52(58-53)47-33-34-49(40-21-10-5-11-22-40)50(37-47)41-23-12-6-13-24-41)46-31-18-29-44(35-46)45-30-19-32-48(36-45)56-60-54(42-25-14-7-15-26-42)59-55(61-56)43-27-16-8-17-28-43/h3-38H,1H2,2H3/b9-4-,39-20+. The van der Waals surface area contributed by atoms with Gasteiger partial charge in [0.15, 0.2) is 23.3 Å². The van der Waals surface area contributed by atoms with E-state index in [1.54, 1.807) is 6.08 Å². The van der Waals surface area contributed by atoms with E-state index in [2.05, 4.69) is 140 Å². The summed E-state index contributed by atoms with van der Waals surface area (Å²) >= 11 is 0. The molecule has 0 saturated heterocycles. The van der Waals surface area contributed by atoms with Gasteiger partial charge in [-0.1, -0.05) is 201 Å². The molecule has 0 N–H and O–H groups in total. The zero-order valence-corrected chi connectivity index (χ0v) is 33.7. The van der Waals surface area contributed by atoms with Crippen molar-refractivity contribution in [1.29, 1.82) is 0 Å². The van der Waals surface area contributed by atoms with Crippen molar-refractivity contribution >= 4 is 5.57 Å². The van der Waals surface area contributed by atoms with E-state index in [4.69, 9.17) is 24.9 Å². The minimum atomic E-state index is 0.608. The first-order valence-corrected chi connectivity index (χ1v) is 20.3. The highest BCUT2D eigenvalue weighted by atomic mass is 15.0. The quantitative estimate of drug-likeness (QED) is 0.122. The van der Waals surface area contributed by atoms with Gasteiger partial charge in [-0.15, -0.1) is 0 Å². The Morgan fingerprint density at radius 3 is 1.33 bits per heavy atom. The molecule has 0 radical (unpaired) electrons. The summed E-state index contributed by atoms with van der Waals surface area (Å²) in [6.07, 6.45) is 7.65. The Balaban J connectivity index is 1.13. The Labute approximate surface area is 356 Å². The Morgan fingerprint density at radius 2 is 0.787 bits per heavy atom. The summed E-state index contributed by atoms with van der Waals surface area (Å²) in [5.41, 5.74) is 14.0. The lowest BCUT2D eigenvalue weighted by Crippen LogP contribution is -2.00. The van der Waals surface area contributed by atoms with Crippen LogP contribution in [0.15, 0.2) is 225 Å². The summed E-state index contributed by atoms with van der Waals surface area (Å²) in [5.74, 6) is 2.52. The molecule has 0 aliphatic carbocycles. The van der Waals surface area contributed by atoms with Crippen molar-refractivity contribution in [3.63, 3.8) is 0 Å². The van der Waals surface area contributed by atoms with Crippen LogP contribution in [-0.2, 0) is 0 Å². The maximum absolute atomic E-state index is 5.17. The van der Waals surface area contributed by atoms with Crippen LogP contribution in [0.5, 0.6) is 0 Å². The van der Waals surface area contributed by atoms with Gasteiger partial charge in [0, 0.05) is 27.8 Å². The molecular weight excluding hydrogens is 743 g/mol. The highest BCUT2D eigenvalue weighted by Gasteiger charge is 2.16. The van der Waals surface area contributed by atoms with Crippen molar-refractivity contribution < 1.29 is 0 Å². The Morgan fingerprint density at radius 1 is 0.361 bits per heavy atom. The van der Waals surface area contributed by atoms with Gasteiger partial charge in [-0.25, -0.2) is 24.9 Å². The normalized spacial score (nSPS) is 11.5. The lowest BCUT2D eigenvalue weighted by molar-refractivity contribution is 1.07. The minimum Gasteiger partial charge on any atom is -0.228 e. The van der Waals surface area contributed by atoms with Gasteiger partial charge in [0.1, 0.15) is 0 Å². The maximum atomic E-state index is 5.17. The average Bonchev–Trinajstić information content (AvgIpc) is 3.34. The maximum Gasteiger partial charge on any atom is 0.164 e. The molecule has 7 aromatic carbocycles. The summed E-state index contributed by atoms with van der Waals surface area (Å²) in [6, 6.07) is 66.8. The third-order valence-corrected chi connectivity index (χ3v) is 10.5. The fourth-order valence-corrected chi connectivity index (χ4v) is 7.34. The van der Waals surface area contributed by atoms with Crippen LogP contribution < -0.4 is 0 Å². The molecule has 9 rings (SSSR count). The predicted octanol–water partition coefficient (Wildman–Crippen LogP) is 14.1. The van der Waals surface area contributed by atoms with E-state index in [9.17, 15) is 0 Å². The topological polar surface area (TPSA) is 64.5 Å². The monoisotopic (exact) mass is 783 g/mol. The summed E-state index contributed by atoms with van der Waals surface area (Å²) in [6.45, 7) is 5.87. The van der Waals surface area contributed by atoms with E-state index >= 15 is 0 Å². The molecule has 0 aliphatic rings. The van der Waals surface area contributed by atoms with Gasteiger partial charge >= 0.3 is 0 Å². The number of allylic oxidation sites excluding steroid dienone is 5. The zero-order valence-electron chi connectivity index (χ0n) is 33.7. The minimum absolute atomic E-state index is 0.608. The Bertz CT molecular complexity index is 2970. The van der Waals surface area contributed by atoms with Crippen molar-refractivity contribution in [2.24, 2.45) is 0 Å². The summed E-state index contributed by atoms with van der Waals surface area (Å²) in [5, 5.41) is 0. The van der Waals surface area contributed by atoms with Gasteiger partial charge in [-0.2, -0.15) is 0 Å². The first kappa shape index (κ1) is 38.4. The molecule has 0 amide bonds. The van der Waals surface area contributed by atoms with Gasteiger partial charge in [0.05, 0.1) is 11.4 Å². The van der Waals surface area contributed by atoms with Crippen molar-refractivity contribution in [3.8, 4) is 90.1 Å². The lowest BCUT2D eigenvalue weighted by Gasteiger charge is -2.14. The molecule has 0 saturated carbocycles. The third-order valence-electron chi connectivity index (χ3n) is 10.5. The van der Waals surface area contributed by atoms with E-state index in [-0.39, 0.29) is 0 Å². The number of hydrogen-bond donors (Lipinski definition) is 0. The van der Waals surface area contributed by atoms with Crippen molar-refractivity contribution in [2.45, 2.75) is 6.92 Å². The largest absolute Gasteiger partial charge is 0.228 e. The van der Waals surface area contributed by atoms with Crippen LogP contribution in [0.25, 0.3) is 95.6 Å². The van der Waals surface area contributed by atoms with Crippen LogP contribution in [0.3, 0.4) is 0 Å². The molecule has 0 bridgehead atoms. The molecular formula is C56H41N5. The lowest BCUT2D eigenvalue weighted by atomic mass is 9.92. The molecule has 290 valence electrons. The second-order valence-corrected chi connectivity index (χ2v) is 14.6. The number of nitrogens with zero attached hydrogens (tertiary/aromatic N) is 5. The van der Waals surface area contributed by atoms with Crippen molar-refractivity contribution in [3.05, 3.63) is 231 Å². The fourth-order valence-electron chi connectivity index (χ4n) is 7.34. The predicted molar refractivity (Wildman–Crippen MR) is 252 cm³/mol.